The van der Waals surface area contributed by atoms with Crippen molar-refractivity contribution >= 4 is 22.6 Å². The summed E-state index contributed by atoms with van der Waals surface area (Å²) in [6, 6.07) is 7.05. The predicted molar refractivity (Wildman–Crippen MR) is 122 cm³/mol. The van der Waals surface area contributed by atoms with Gasteiger partial charge in [-0.05, 0) is 36.9 Å². The summed E-state index contributed by atoms with van der Waals surface area (Å²) >= 11 is 0. The standard InChI is InChI=1S/C24H22F4N4O3/c1-29-5-7-30(8-6-29)20-11-19-16(10-18(20)25)22(33)17(23(34)35)12-31(19)32-13-21(32)14-3-2-4-15(9-14)24(26,27)28/h2-4,9-12,21H,5-8,13H2,1H3,(H,34,35). The van der Waals surface area contributed by atoms with Crippen LogP contribution in [0.3, 0.4) is 0 Å². The first-order valence-corrected chi connectivity index (χ1v) is 11.0. The number of hydrogen-bond donors (Lipinski definition) is 1. The van der Waals surface area contributed by atoms with E-state index in [1.807, 2.05) is 11.9 Å². The second-order valence-corrected chi connectivity index (χ2v) is 8.89. The van der Waals surface area contributed by atoms with E-state index in [1.54, 1.807) is 11.1 Å². The number of rotatable bonds is 4. The number of carboxylic acids is 1. The van der Waals surface area contributed by atoms with Gasteiger partial charge in [-0.3, -0.25) is 9.47 Å². The van der Waals surface area contributed by atoms with Gasteiger partial charge < -0.3 is 19.9 Å². The van der Waals surface area contributed by atoms with Crippen LogP contribution >= 0.6 is 0 Å². The lowest BCUT2D eigenvalue weighted by Gasteiger charge is -2.34. The number of pyridine rings is 1. The Morgan fingerprint density at radius 2 is 1.80 bits per heavy atom. The molecule has 2 aliphatic heterocycles. The van der Waals surface area contributed by atoms with Crippen LogP contribution in [0.4, 0.5) is 23.2 Å². The number of hydrogen-bond acceptors (Lipinski definition) is 5. The van der Waals surface area contributed by atoms with E-state index >= 15 is 4.39 Å². The van der Waals surface area contributed by atoms with Gasteiger partial charge >= 0.3 is 12.1 Å². The molecule has 0 saturated carbocycles. The summed E-state index contributed by atoms with van der Waals surface area (Å²) in [4.78, 5) is 28.5. The second kappa shape index (κ2) is 8.26. The van der Waals surface area contributed by atoms with Crippen LogP contribution in [-0.4, -0.2) is 60.4 Å². The van der Waals surface area contributed by atoms with Crippen LogP contribution in [0.5, 0.6) is 0 Å². The van der Waals surface area contributed by atoms with Gasteiger partial charge in [0.05, 0.1) is 34.7 Å². The minimum absolute atomic E-state index is 0.102. The highest BCUT2D eigenvalue weighted by molar-refractivity contribution is 5.93. The van der Waals surface area contributed by atoms with Crippen LogP contribution in [0, 0.1) is 5.82 Å². The molecule has 2 aromatic carbocycles. The van der Waals surface area contributed by atoms with Gasteiger partial charge in [0.1, 0.15) is 11.4 Å². The van der Waals surface area contributed by atoms with Gasteiger partial charge in [0.25, 0.3) is 0 Å². The number of carbonyl (C=O) groups is 1. The Morgan fingerprint density at radius 3 is 2.46 bits per heavy atom. The lowest BCUT2D eigenvalue weighted by molar-refractivity contribution is -0.137. The molecule has 7 nitrogen and oxygen atoms in total. The number of benzene rings is 2. The van der Waals surface area contributed by atoms with E-state index in [2.05, 4.69) is 4.90 Å². The molecule has 11 heteroatoms. The smallest absolute Gasteiger partial charge is 0.416 e. The Labute approximate surface area is 197 Å². The summed E-state index contributed by atoms with van der Waals surface area (Å²) in [5, 5.41) is 11.1. The molecule has 35 heavy (non-hydrogen) atoms. The van der Waals surface area contributed by atoms with Crippen molar-refractivity contribution in [2.45, 2.75) is 12.2 Å². The number of fused-ring (bicyclic) bond motifs is 1. The molecule has 2 saturated heterocycles. The second-order valence-electron chi connectivity index (χ2n) is 8.89. The zero-order valence-electron chi connectivity index (χ0n) is 18.7. The molecule has 2 fully saturated rings. The molecule has 5 rings (SSSR count). The molecule has 0 bridgehead atoms. The largest absolute Gasteiger partial charge is 0.477 e. The van der Waals surface area contributed by atoms with E-state index in [0.29, 0.717) is 36.4 Å². The van der Waals surface area contributed by atoms with Gasteiger partial charge in [-0.15, -0.1) is 0 Å². The van der Waals surface area contributed by atoms with Crippen molar-refractivity contribution in [1.29, 1.82) is 0 Å². The number of likely N-dealkylation sites (N-methyl/N-ethyl adjacent to an activating group) is 1. The van der Waals surface area contributed by atoms with Gasteiger partial charge in [0, 0.05) is 32.4 Å². The average Bonchev–Trinajstić information content (AvgIpc) is 3.60. The maximum atomic E-state index is 15.1. The molecule has 3 aromatic rings. The number of nitrogens with zero attached hydrogens (tertiary/aromatic N) is 4. The Morgan fingerprint density at radius 1 is 1.09 bits per heavy atom. The number of aromatic nitrogens is 1. The molecule has 184 valence electrons. The highest BCUT2D eigenvalue weighted by Gasteiger charge is 2.39. The molecule has 0 spiro atoms. The van der Waals surface area contributed by atoms with E-state index in [1.165, 1.54) is 16.8 Å². The minimum atomic E-state index is -4.49. The number of aromatic carboxylic acids is 1. The maximum Gasteiger partial charge on any atom is 0.416 e. The molecule has 1 aromatic heterocycles. The van der Waals surface area contributed by atoms with Crippen LogP contribution in [0.25, 0.3) is 10.9 Å². The molecule has 0 radical (unpaired) electrons. The third-order valence-electron chi connectivity index (χ3n) is 6.59. The van der Waals surface area contributed by atoms with E-state index in [-0.39, 0.29) is 5.39 Å². The number of alkyl halides is 3. The molecular weight excluding hydrogens is 468 g/mol. The van der Waals surface area contributed by atoms with Gasteiger partial charge in [-0.25, -0.2) is 9.18 Å². The minimum Gasteiger partial charge on any atom is -0.477 e. The Balaban J connectivity index is 1.60. The van der Waals surface area contributed by atoms with Crippen LogP contribution in [0.15, 0.2) is 47.4 Å². The first kappa shape index (κ1) is 23.2. The van der Waals surface area contributed by atoms with Crippen molar-refractivity contribution in [3.05, 3.63) is 75.3 Å². The summed E-state index contributed by atoms with van der Waals surface area (Å²) in [5.74, 6) is -2.10. The summed E-state index contributed by atoms with van der Waals surface area (Å²) in [6.45, 7) is 2.91. The van der Waals surface area contributed by atoms with Crippen molar-refractivity contribution in [3.63, 3.8) is 0 Å². The maximum absolute atomic E-state index is 15.1. The van der Waals surface area contributed by atoms with Gasteiger partial charge in [0.2, 0.25) is 5.43 Å². The third-order valence-corrected chi connectivity index (χ3v) is 6.59. The number of piperazine rings is 1. The van der Waals surface area contributed by atoms with E-state index in [9.17, 15) is 27.9 Å². The summed E-state index contributed by atoms with van der Waals surface area (Å²) in [6.07, 6.45) is -3.34. The van der Waals surface area contributed by atoms with Crippen molar-refractivity contribution in [2.75, 3.05) is 49.7 Å². The third kappa shape index (κ3) is 4.20. The Bertz CT molecular complexity index is 1380. The molecule has 1 unspecified atom stereocenters. The quantitative estimate of drug-likeness (QED) is 0.447. The normalized spacial score (nSPS) is 18.8. The fourth-order valence-corrected chi connectivity index (χ4v) is 4.54. The molecule has 0 amide bonds. The molecule has 1 N–H and O–H groups in total. The average molecular weight is 490 g/mol. The molecule has 0 aliphatic carbocycles. The van der Waals surface area contributed by atoms with Crippen LogP contribution in [-0.2, 0) is 6.18 Å². The van der Waals surface area contributed by atoms with Crippen molar-refractivity contribution in [2.24, 2.45) is 0 Å². The van der Waals surface area contributed by atoms with E-state index in [0.717, 1.165) is 37.5 Å². The van der Waals surface area contributed by atoms with Gasteiger partial charge in [0.15, 0.2) is 0 Å². The zero-order valence-corrected chi connectivity index (χ0v) is 18.7. The number of carboxylic acid groups (broad SMARTS) is 1. The van der Waals surface area contributed by atoms with E-state index < -0.39 is 40.6 Å². The highest BCUT2D eigenvalue weighted by Crippen LogP contribution is 2.38. The van der Waals surface area contributed by atoms with Crippen molar-refractivity contribution in [3.8, 4) is 0 Å². The van der Waals surface area contributed by atoms with E-state index in [4.69, 9.17) is 0 Å². The monoisotopic (exact) mass is 490 g/mol. The lowest BCUT2D eigenvalue weighted by atomic mass is 10.1. The molecular formula is C24H22F4N4O3. The molecule has 3 heterocycles. The first-order valence-electron chi connectivity index (χ1n) is 11.0. The summed E-state index contributed by atoms with van der Waals surface area (Å²) < 4.78 is 56.1. The van der Waals surface area contributed by atoms with Crippen LogP contribution in [0.2, 0.25) is 0 Å². The van der Waals surface area contributed by atoms with Gasteiger partial charge in [-0.1, -0.05) is 12.1 Å². The summed E-state index contributed by atoms with van der Waals surface area (Å²) in [5.41, 5.74) is -1.14. The number of halogens is 4. The predicted octanol–water partition coefficient (Wildman–Crippen LogP) is 3.30. The SMILES string of the molecule is CN1CCN(c2cc3c(cc2F)c(=O)c(C(=O)O)cn3N2CC2c2cccc(C(F)(F)F)c2)CC1. The lowest BCUT2D eigenvalue weighted by Crippen LogP contribution is -2.44. The molecule has 2 aliphatic rings. The fourth-order valence-electron chi connectivity index (χ4n) is 4.54. The first-order chi connectivity index (χ1) is 16.5. The number of anilines is 1. The summed E-state index contributed by atoms with van der Waals surface area (Å²) in [7, 11) is 1.97. The van der Waals surface area contributed by atoms with Crippen LogP contribution < -0.4 is 15.3 Å². The highest BCUT2D eigenvalue weighted by atomic mass is 19.4. The Kier molecular flexibility index (Phi) is 5.47. The topological polar surface area (TPSA) is 68.8 Å². The van der Waals surface area contributed by atoms with Crippen molar-refractivity contribution < 1.29 is 27.5 Å². The van der Waals surface area contributed by atoms with Gasteiger partial charge in [-0.2, -0.15) is 13.2 Å². The van der Waals surface area contributed by atoms with Crippen LogP contribution in [0.1, 0.15) is 27.5 Å². The fraction of sp³-hybridized carbons (Fsp3) is 0.333. The Hall–Kier alpha value is -3.60. The van der Waals surface area contributed by atoms with Crippen molar-refractivity contribution in [1.82, 2.24) is 9.58 Å². The molecule has 1 atom stereocenters. The zero-order chi connectivity index (χ0) is 25.1.